The van der Waals surface area contributed by atoms with Gasteiger partial charge in [-0.1, -0.05) is 115 Å². The molecule has 1 N–H and O–H groups in total. The van der Waals surface area contributed by atoms with E-state index in [1.165, 1.54) is 44.2 Å². The average molecular weight is 642 g/mol. The van der Waals surface area contributed by atoms with Gasteiger partial charge in [0.2, 0.25) is 0 Å². The van der Waals surface area contributed by atoms with Crippen molar-refractivity contribution in [3.8, 4) is 33.4 Å². The van der Waals surface area contributed by atoms with Gasteiger partial charge in [-0.15, -0.1) is 5.73 Å². The first-order valence-corrected chi connectivity index (χ1v) is 17.4. The van der Waals surface area contributed by atoms with Gasteiger partial charge in [-0.25, -0.2) is 9.97 Å². The van der Waals surface area contributed by atoms with Crippen molar-refractivity contribution in [1.29, 1.82) is 0 Å². The third-order valence-corrected chi connectivity index (χ3v) is 10.0. The summed E-state index contributed by atoms with van der Waals surface area (Å²) in [6.07, 6.45) is 25.4. The molecule has 1 heterocycles. The van der Waals surface area contributed by atoms with E-state index in [1.54, 1.807) is 17.5 Å². The maximum absolute atomic E-state index is 4.59. The van der Waals surface area contributed by atoms with Gasteiger partial charge in [-0.2, -0.15) is 0 Å². The first-order chi connectivity index (χ1) is 24.8. The van der Waals surface area contributed by atoms with Gasteiger partial charge in [0.25, 0.3) is 0 Å². The van der Waals surface area contributed by atoms with Crippen molar-refractivity contribution in [2.24, 2.45) is 0 Å². The smallest absolute Gasteiger partial charge is 0.134 e. The number of hydrogen-bond donors (Lipinski definition) is 1. The quantitative estimate of drug-likeness (QED) is 0.184. The number of anilines is 2. The SMILES string of the molecule is C1=CC=CC(c2cc(Nc3ccccc3-c3ccccc3-c3ccccc3-c3ccc4c5c(c6c(c4c3)C=CCC6)CCC=C5)ncn2)=CC=1. The Balaban J connectivity index is 1.13. The van der Waals surface area contributed by atoms with Crippen LogP contribution in [-0.2, 0) is 12.8 Å². The highest BCUT2D eigenvalue weighted by atomic mass is 15.0. The van der Waals surface area contributed by atoms with Gasteiger partial charge in [-0.3, -0.25) is 0 Å². The molecule has 0 bridgehead atoms. The minimum Gasteiger partial charge on any atom is -0.340 e. The lowest BCUT2D eigenvalue weighted by molar-refractivity contribution is 0.911. The molecule has 3 heteroatoms. The minimum atomic E-state index is 0.737. The lowest BCUT2D eigenvalue weighted by Crippen LogP contribution is -2.07. The largest absolute Gasteiger partial charge is 0.340 e. The number of allylic oxidation sites excluding steroid dienone is 7. The van der Waals surface area contributed by atoms with E-state index in [2.05, 4.69) is 136 Å². The molecule has 6 aromatic rings. The molecule has 0 fully saturated rings. The van der Waals surface area contributed by atoms with Gasteiger partial charge in [0.1, 0.15) is 12.1 Å². The first kappa shape index (κ1) is 29.8. The van der Waals surface area contributed by atoms with Crippen molar-refractivity contribution in [2.45, 2.75) is 25.7 Å². The van der Waals surface area contributed by atoms with Crippen LogP contribution >= 0.6 is 0 Å². The highest BCUT2D eigenvalue weighted by Crippen LogP contribution is 2.43. The van der Waals surface area contributed by atoms with Crippen LogP contribution in [0.4, 0.5) is 11.5 Å². The number of para-hydroxylation sites is 1. The fourth-order valence-electron chi connectivity index (χ4n) is 7.73. The van der Waals surface area contributed by atoms with Crippen molar-refractivity contribution in [2.75, 3.05) is 5.32 Å². The van der Waals surface area contributed by atoms with Gasteiger partial charge < -0.3 is 5.32 Å². The van der Waals surface area contributed by atoms with E-state index in [0.717, 1.165) is 59.6 Å². The van der Waals surface area contributed by atoms with Crippen LogP contribution in [-0.4, -0.2) is 9.97 Å². The van der Waals surface area contributed by atoms with Crippen molar-refractivity contribution >= 4 is 40.0 Å². The van der Waals surface area contributed by atoms with E-state index in [9.17, 15) is 0 Å². The summed E-state index contributed by atoms with van der Waals surface area (Å²) in [5.41, 5.74) is 19.0. The number of benzene rings is 5. The summed E-state index contributed by atoms with van der Waals surface area (Å²) in [6, 6.07) is 35.1. The van der Waals surface area contributed by atoms with Crippen molar-refractivity contribution in [1.82, 2.24) is 9.97 Å². The van der Waals surface area contributed by atoms with Crippen LogP contribution in [0.2, 0.25) is 0 Å². The fraction of sp³-hybridized carbons (Fsp3) is 0.0851. The zero-order chi connectivity index (χ0) is 33.3. The van der Waals surface area contributed by atoms with Crippen molar-refractivity contribution < 1.29 is 0 Å². The average Bonchev–Trinajstić information content (AvgIpc) is 3.48. The summed E-state index contributed by atoms with van der Waals surface area (Å²) in [5.74, 6) is 0.737. The van der Waals surface area contributed by atoms with Crippen LogP contribution in [0.15, 0.2) is 152 Å². The van der Waals surface area contributed by atoms with Crippen LogP contribution in [0.5, 0.6) is 0 Å². The number of rotatable bonds is 6. The molecule has 0 aliphatic heterocycles. The number of aromatic nitrogens is 2. The minimum absolute atomic E-state index is 0.737. The second-order valence-electron chi connectivity index (χ2n) is 13.0. The van der Waals surface area contributed by atoms with E-state index < -0.39 is 0 Å². The predicted molar refractivity (Wildman–Crippen MR) is 210 cm³/mol. The van der Waals surface area contributed by atoms with Crippen LogP contribution in [0.1, 0.15) is 40.8 Å². The summed E-state index contributed by atoms with van der Waals surface area (Å²) < 4.78 is 0. The second kappa shape index (κ2) is 13.0. The monoisotopic (exact) mass is 641 g/mol. The standard InChI is InChI=1S/C47H35N3/c1-2-4-16-32(15-3-1)46-30-47(49-31-48-46)50-45-26-14-13-25-43(45)40-23-11-9-19-36(40)35-18-6-5-17-34(35)33-27-28-42-39-22-8-7-20-37(39)38-21-10-12-24-41(38)44(42)29-33/h1,3-6,8-9,11-19,22-31H,7,10,20-21H2,(H,48,49,50). The molecule has 50 heavy (non-hydrogen) atoms. The van der Waals surface area contributed by atoms with Crippen LogP contribution < -0.4 is 5.32 Å². The maximum atomic E-state index is 4.59. The molecule has 0 radical (unpaired) electrons. The summed E-state index contributed by atoms with van der Waals surface area (Å²) in [6.45, 7) is 0. The number of nitrogens with zero attached hydrogens (tertiary/aromatic N) is 2. The Bertz CT molecular complexity index is 2500. The Morgan fingerprint density at radius 2 is 1.24 bits per heavy atom. The third-order valence-electron chi connectivity index (χ3n) is 10.0. The Morgan fingerprint density at radius 1 is 0.580 bits per heavy atom. The molecule has 1 aromatic heterocycles. The molecule has 9 rings (SSSR count). The van der Waals surface area contributed by atoms with Gasteiger partial charge in [0.15, 0.2) is 0 Å². The zero-order valence-corrected chi connectivity index (χ0v) is 27.7. The highest BCUT2D eigenvalue weighted by Gasteiger charge is 2.21. The topological polar surface area (TPSA) is 37.8 Å². The zero-order valence-electron chi connectivity index (χ0n) is 27.7. The molecule has 0 saturated heterocycles. The summed E-state index contributed by atoms with van der Waals surface area (Å²) in [5, 5.41) is 6.32. The van der Waals surface area contributed by atoms with Gasteiger partial charge in [0.05, 0.1) is 5.69 Å². The molecule has 0 saturated carbocycles. The van der Waals surface area contributed by atoms with E-state index >= 15 is 0 Å². The van der Waals surface area contributed by atoms with Crippen LogP contribution in [0.3, 0.4) is 0 Å². The fourth-order valence-corrected chi connectivity index (χ4v) is 7.73. The van der Waals surface area contributed by atoms with Gasteiger partial charge in [0, 0.05) is 22.9 Å². The van der Waals surface area contributed by atoms with E-state index in [-0.39, 0.29) is 0 Å². The Hall–Kier alpha value is -6.28. The normalized spacial score (nSPS) is 14.3. The molecule has 0 atom stereocenters. The molecular weight excluding hydrogens is 607 g/mol. The molecule has 3 aliphatic rings. The molecule has 0 amide bonds. The molecule has 238 valence electrons. The highest BCUT2D eigenvalue weighted by molar-refractivity contribution is 6.03. The number of hydrogen-bond acceptors (Lipinski definition) is 3. The maximum Gasteiger partial charge on any atom is 0.134 e. The third kappa shape index (κ3) is 5.44. The Labute approximate surface area is 293 Å². The van der Waals surface area contributed by atoms with E-state index in [0.29, 0.717) is 0 Å². The predicted octanol–water partition coefficient (Wildman–Crippen LogP) is 12.0. The number of nitrogens with one attached hydrogen (secondary N) is 1. The molecule has 3 nitrogen and oxygen atoms in total. The molecule has 0 unspecified atom stereocenters. The summed E-state index contributed by atoms with van der Waals surface area (Å²) in [4.78, 5) is 9.13. The lowest BCUT2D eigenvalue weighted by Gasteiger charge is -2.24. The molecule has 3 aliphatic carbocycles. The van der Waals surface area contributed by atoms with Crippen LogP contribution in [0, 0.1) is 0 Å². The second-order valence-corrected chi connectivity index (χ2v) is 13.0. The Kier molecular flexibility index (Phi) is 7.74. The first-order valence-electron chi connectivity index (χ1n) is 17.4. The summed E-state index contributed by atoms with van der Waals surface area (Å²) >= 11 is 0. The molecule has 5 aromatic carbocycles. The summed E-state index contributed by atoms with van der Waals surface area (Å²) in [7, 11) is 0. The molecule has 0 spiro atoms. The van der Waals surface area contributed by atoms with E-state index in [1.807, 2.05) is 36.4 Å². The van der Waals surface area contributed by atoms with Gasteiger partial charge >= 0.3 is 0 Å². The molecular formula is C47H35N3. The Morgan fingerprint density at radius 3 is 2.02 bits per heavy atom. The lowest BCUT2D eigenvalue weighted by atomic mass is 9.80. The van der Waals surface area contributed by atoms with Crippen LogP contribution in [0.25, 0.3) is 61.9 Å². The van der Waals surface area contributed by atoms with Crippen molar-refractivity contribution in [3.05, 3.63) is 180 Å². The van der Waals surface area contributed by atoms with Gasteiger partial charge in [-0.05, 0) is 117 Å². The number of fused-ring (bicyclic) bond motifs is 6. The van der Waals surface area contributed by atoms with Crippen molar-refractivity contribution in [3.63, 3.8) is 0 Å². The van der Waals surface area contributed by atoms with E-state index in [4.69, 9.17) is 0 Å².